The van der Waals surface area contributed by atoms with Gasteiger partial charge in [-0.15, -0.1) is 0 Å². The summed E-state index contributed by atoms with van der Waals surface area (Å²) in [5.74, 6) is -0.299. The van der Waals surface area contributed by atoms with Gasteiger partial charge in [0.2, 0.25) is 0 Å². The van der Waals surface area contributed by atoms with E-state index in [0.717, 1.165) is 0 Å². The third-order valence-electron chi connectivity index (χ3n) is 2.07. The average Bonchev–Trinajstić information content (AvgIpc) is 2.14. The fourth-order valence-electron chi connectivity index (χ4n) is 1.20. The summed E-state index contributed by atoms with van der Waals surface area (Å²) in [4.78, 5) is 0. The molecule has 0 bridgehead atoms. The van der Waals surface area contributed by atoms with E-state index in [4.69, 9.17) is 16.7 Å². The third-order valence-corrected chi connectivity index (χ3v) is 2.30. The van der Waals surface area contributed by atoms with Crippen molar-refractivity contribution in [2.24, 2.45) is 0 Å². The van der Waals surface area contributed by atoms with Crippen LogP contribution in [0.5, 0.6) is 0 Å². The molecule has 0 fully saturated rings. The molecule has 2 nitrogen and oxygen atoms in total. The van der Waals surface area contributed by atoms with Crippen LogP contribution < -0.4 is 5.32 Å². The molecule has 0 aliphatic heterocycles. The molecular weight excluding hydrogens is 217 g/mol. The summed E-state index contributed by atoms with van der Waals surface area (Å²) in [5, 5.41) is 12.5. The van der Waals surface area contributed by atoms with Gasteiger partial charge in [-0.25, -0.2) is 4.39 Å². The molecule has 4 heteroatoms. The van der Waals surface area contributed by atoms with Crippen LogP contribution in [-0.4, -0.2) is 17.8 Å². The smallest absolute Gasteiger partial charge is 0.129 e. The van der Waals surface area contributed by atoms with Crippen molar-refractivity contribution >= 4 is 11.6 Å². The van der Waals surface area contributed by atoms with Gasteiger partial charge in [-0.2, -0.15) is 0 Å². The third kappa shape index (κ3) is 4.60. The molecule has 0 aliphatic carbocycles. The molecule has 1 rings (SSSR count). The summed E-state index contributed by atoms with van der Waals surface area (Å²) in [7, 11) is 0. The van der Waals surface area contributed by atoms with Crippen LogP contribution in [0.25, 0.3) is 0 Å². The van der Waals surface area contributed by atoms with E-state index in [1.54, 1.807) is 19.1 Å². The maximum atomic E-state index is 13.3. The van der Waals surface area contributed by atoms with Crippen LogP contribution >= 0.6 is 11.6 Å². The van der Waals surface area contributed by atoms with Crippen LogP contribution in [-0.2, 0) is 6.54 Å². The molecule has 0 amide bonds. The van der Waals surface area contributed by atoms with Gasteiger partial charge < -0.3 is 10.4 Å². The predicted octanol–water partition coefficient (Wildman–Crippen LogP) is 2.34. The molecule has 1 aromatic carbocycles. The minimum Gasteiger partial charge on any atom is -0.393 e. The van der Waals surface area contributed by atoms with E-state index in [2.05, 4.69) is 5.32 Å². The standard InChI is InChI=1S/C11H15ClFNO/c1-8(15)4-5-14-7-9-2-3-10(12)6-11(9)13/h2-3,6,8,14-15H,4-5,7H2,1H3. The summed E-state index contributed by atoms with van der Waals surface area (Å²) in [6.07, 6.45) is 0.336. The number of hydrogen-bond donors (Lipinski definition) is 2. The first-order valence-electron chi connectivity index (χ1n) is 4.92. The lowest BCUT2D eigenvalue weighted by atomic mass is 10.2. The van der Waals surface area contributed by atoms with Crippen molar-refractivity contribution in [2.75, 3.05) is 6.54 Å². The zero-order chi connectivity index (χ0) is 11.3. The second-order valence-electron chi connectivity index (χ2n) is 3.55. The van der Waals surface area contributed by atoms with Gasteiger partial charge in [0, 0.05) is 17.1 Å². The number of aliphatic hydroxyl groups is 1. The van der Waals surface area contributed by atoms with Gasteiger partial charge >= 0.3 is 0 Å². The van der Waals surface area contributed by atoms with E-state index in [9.17, 15) is 4.39 Å². The highest BCUT2D eigenvalue weighted by atomic mass is 35.5. The van der Waals surface area contributed by atoms with Crippen molar-refractivity contribution in [2.45, 2.75) is 26.0 Å². The van der Waals surface area contributed by atoms with Crippen molar-refractivity contribution in [3.8, 4) is 0 Å². The molecule has 0 heterocycles. The Morgan fingerprint density at radius 1 is 1.53 bits per heavy atom. The lowest BCUT2D eigenvalue weighted by Gasteiger charge is -2.07. The van der Waals surface area contributed by atoms with Crippen LogP contribution in [0.1, 0.15) is 18.9 Å². The van der Waals surface area contributed by atoms with Gasteiger partial charge in [0.15, 0.2) is 0 Å². The number of halogens is 2. The minimum absolute atomic E-state index is 0.299. The highest BCUT2D eigenvalue weighted by Gasteiger charge is 2.02. The Morgan fingerprint density at radius 3 is 2.87 bits per heavy atom. The second kappa shape index (κ2) is 6.05. The molecule has 0 saturated heterocycles. The van der Waals surface area contributed by atoms with E-state index in [1.165, 1.54) is 6.07 Å². The fraction of sp³-hybridized carbons (Fsp3) is 0.455. The van der Waals surface area contributed by atoms with Crippen LogP contribution in [0.4, 0.5) is 4.39 Å². The quantitative estimate of drug-likeness (QED) is 0.763. The van der Waals surface area contributed by atoms with Crippen LogP contribution in [0.3, 0.4) is 0 Å². The highest BCUT2D eigenvalue weighted by Crippen LogP contribution is 2.14. The molecule has 1 atom stereocenters. The summed E-state index contributed by atoms with van der Waals surface area (Å²) in [6.45, 7) is 2.85. The summed E-state index contributed by atoms with van der Waals surface area (Å²) in [6, 6.07) is 4.62. The van der Waals surface area contributed by atoms with Crippen molar-refractivity contribution < 1.29 is 9.50 Å². The lowest BCUT2D eigenvalue weighted by Crippen LogP contribution is -2.19. The number of hydrogen-bond acceptors (Lipinski definition) is 2. The van der Waals surface area contributed by atoms with Gasteiger partial charge in [-0.3, -0.25) is 0 Å². The first-order valence-corrected chi connectivity index (χ1v) is 5.30. The second-order valence-corrected chi connectivity index (χ2v) is 3.99. The topological polar surface area (TPSA) is 32.3 Å². The van der Waals surface area contributed by atoms with E-state index < -0.39 is 0 Å². The monoisotopic (exact) mass is 231 g/mol. The number of benzene rings is 1. The fourth-order valence-corrected chi connectivity index (χ4v) is 1.36. The Bertz CT molecular complexity index is 317. The summed E-state index contributed by atoms with van der Waals surface area (Å²) in [5.41, 5.74) is 0.588. The minimum atomic E-state index is -0.326. The molecule has 1 unspecified atom stereocenters. The predicted molar refractivity (Wildman–Crippen MR) is 59.4 cm³/mol. The van der Waals surface area contributed by atoms with E-state index in [1.807, 2.05) is 0 Å². The Kier molecular flexibility index (Phi) is 5.02. The van der Waals surface area contributed by atoms with Crippen molar-refractivity contribution in [3.63, 3.8) is 0 Å². The van der Waals surface area contributed by atoms with E-state index in [0.29, 0.717) is 30.1 Å². The zero-order valence-electron chi connectivity index (χ0n) is 8.63. The van der Waals surface area contributed by atoms with Crippen LogP contribution in [0, 0.1) is 5.82 Å². The summed E-state index contributed by atoms with van der Waals surface area (Å²) < 4.78 is 13.3. The molecule has 0 spiro atoms. The molecule has 0 aromatic heterocycles. The van der Waals surface area contributed by atoms with E-state index in [-0.39, 0.29) is 11.9 Å². The molecule has 0 aliphatic rings. The molecule has 15 heavy (non-hydrogen) atoms. The molecule has 84 valence electrons. The lowest BCUT2D eigenvalue weighted by molar-refractivity contribution is 0.183. The van der Waals surface area contributed by atoms with Gasteiger partial charge in [-0.05, 0) is 32.0 Å². The Hall–Kier alpha value is -0.640. The van der Waals surface area contributed by atoms with Gasteiger partial charge in [-0.1, -0.05) is 17.7 Å². The largest absolute Gasteiger partial charge is 0.393 e. The number of aliphatic hydroxyl groups excluding tert-OH is 1. The average molecular weight is 232 g/mol. The van der Waals surface area contributed by atoms with E-state index >= 15 is 0 Å². The number of rotatable bonds is 5. The van der Waals surface area contributed by atoms with Crippen molar-refractivity contribution in [3.05, 3.63) is 34.6 Å². The molecular formula is C11H15ClFNO. The van der Waals surface area contributed by atoms with Crippen LogP contribution in [0.2, 0.25) is 5.02 Å². The first-order chi connectivity index (χ1) is 7.09. The maximum Gasteiger partial charge on any atom is 0.129 e. The summed E-state index contributed by atoms with van der Waals surface area (Å²) >= 11 is 5.63. The molecule has 0 radical (unpaired) electrons. The van der Waals surface area contributed by atoms with Crippen molar-refractivity contribution in [1.82, 2.24) is 5.32 Å². The molecule has 1 aromatic rings. The van der Waals surface area contributed by atoms with Gasteiger partial charge in [0.1, 0.15) is 5.82 Å². The van der Waals surface area contributed by atoms with Gasteiger partial charge in [0.25, 0.3) is 0 Å². The van der Waals surface area contributed by atoms with Gasteiger partial charge in [0.05, 0.1) is 6.10 Å². The van der Waals surface area contributed by atoms with Crippen LogP contribution in [0.15, 0.2) is 18.2 Å². The highest BCUT2D eigenvalue weighted by molar-refractivity contribution is 6.30. The van der Waals surface area contributed by atoms with Crippen molar-refractivity contribution in [1.29, 1.82) is 0 Å². The molecule has 2 N–H and O–H groups in total. The number of nitrogens with one attached hydrogen (secondary N) is 1. The normalized spacial score (nSPS) is 12.8. The Morgan fingerprint density at radius 2 is 2.27 bits per heavy atom. The Labute approximate surface area is 94.1 Å². The SMILES string of the molecule is CC(O)CCNCc1ccc(Cl)cc1F. The molecule has 0 saturated carbocycles. The maximum absolute atomic E-state index is 13.3. The zero-order valence-corrected chi connectivity index (χ0v) is 9.39. The Balaban J connectivity index is 2.37. The first kappa shape index (κ1) is 12.4.